The molecule has 0 bridgehead atoms. The van der Waals surface area contributed by atoms with E-state index in [0.29, 0.717) is 12.0 Å². The minimum atomic E-state index is -0.854. The van der Waals surface area contributed by atoms with Crippen LogP contribution >= 0.6 is 0 Å². The number of ether oxygens (including phenoxy) is 2. The fraction of sp³-hybridized carbons (Fsp3) is 0.533. The smallest absolute Gasteiger partial charge is 0.351 e. The second kappa shape index (κ2) is 8.04. The molecule has 0 saturated carbocycles. The topological polar surface area (TPSA) is 137 Å². The Morgan fingerprint density at radius 1 is 1.62 bits per heavy atom. The number of nitrogens with two attached hydrogens (primary N) is 1. The van der Waals surface area contributed by atoms with Gasteiger partial charge in [0, 0.05) is 25.1 Å². The highest BCUT2D eigenvalue weighted by molar-refractivity contribution is 5.66. The Balaban J connectivity index is 2.12. The van der Waals surface area contributed by atoms with Crippen molar-refractivity contribution in [1.82, 2.24) is 9.55 Å². The Hall–Kier alpha value is -2.23. The lowest BCUT2D eigenvalue weighted by molar-refractivity contribution is -0.140. The number of aliphatic hydroxyl groups excluding tert-OH is 2. The third-order valence-electron chi connectivity index (χ3n) is 3.59. The van der Waals surface area contributed by atoms with E-state index in [2.05, 4.69) is 4.98 Å². The number of carbonyl (C=O) groups is 1. The zero-order valence-corrected chi connectivity index (χ0v) is 13.3. The summed E-state index contributed by atoms with van der Waals surface area (Å²) in [5, 5.41) is 18.9. The Kier molecular flexibility index (Phi) is 6.07. The van der Waals surface area contributed by atoms with E-state index >= 15 is 0 Å². The first kappa shape index (κ1) is 18.1. The number of hydrogen-bond donors (Lipinski definition) is 3. The van der Waals surface area contributed by atoms with Gasteiger partial charge in [0.05, 0.1) is 19.3 Å². The van der Waals surface area contributed by atoms with E-state index in [1.165, 1.54) is 17.7 Å². The summed E-state index contributed by atoms with van der Waals surface area (Å²) in [6.07, 6.45) is 3.25. The van der Waals surface area contributed by atoms with Crippen LogP contribution in [-0.2, 0) is 14.3 Å². The van der Waals surface area contributed by atoms with Crippen LogP contribution in [0.2, 0.25) is 0 Å². The van der Waals surface area contributed by atoms with Crippen molar-refractivity contribution in [2.45, 2.75) is 38.2 Å². The van der Waals surface area contributed by atoms with Gasteiger partial charge in [0.25, 0.3) is 0 Å². The third-order valence-corrected chi connectivity index (χ3v) is 3.59. The average molecular weight is 339 g/mol. The second-order valence-electron chi connectivity index (χ2n) is 5.42. The average Bonchev–Trinajstić information content (AvgIpc) is 2.89. The first-order valence-corrected chi connectivity index (χ1v) is 7.55. The number of aromatic nitrogens is 2. The van der Waals surface area contributed by atoms with Gasteiger partial charge in [-0.3, -0.25) is 9.36 Å². The Morgan fingerprint density at radius 3 is 3.00 bits per heavy atom. The van der Waals surface area contributed by atoms with E-state index < -0.39 is 24.1 Å². The van der Waals surface area contributed by atoms with Crippen LogP contribution in [0.4, 0.5) is 5.82 Å². The summed E-state index contributed by atoms with van der Waals surface area (Å²) >= 11 is 0. The summed E-state index contributed by atoms with van der Waals surface area (Å²) in [5.74, 6) is -0.286. The first-order chi connectivity index (χ1) is 11.4. The molecular formula is C15H21N3O6. The first-order valence-electron chi connectivity index (χ1n) is 7.55. The Bertz CT molecular complexity index is 672. The maximum Gasteiger partial charge on any atom is 0.351 e. The molecule has 0 unspecified atom stereocenters. The van der Waals surface area contributed by atoms with Crippen LogP contribution in [0.15, 0.2) is 17.1 Å². The molecule has 0 spiro atoms. The molecule has 0 aliphatic carbocycles. The Morgan fingerprint density at radius 2 is 2.38 bits per heavy atom. The molecule has 1 aromatic rings. The van der Waals surface area contributed by atoms with Crippen LogP contribution in [0.5, 0.6) is 0 Å². The molecule has 9 nitrogen and oxygen atoms in total. The maximum absolute atomic E-state index is 12.0. The van der Waals surface area contributed by atoms with Gasteiger partial charge in [-0.2, -0.15) is 4.98 Å². The summed E-state index contributed by atoms with van der Waals surface area (Å²) in [6.45, 7) is 1.24. The van der Waals surface area contributed by atoms with Gasteiger partial charge in [-0.25, -0.2) is 4.79 Å². The van der Waals surface area contributed by atoms with Crippen molar-refractivity contribution in [2.75, 3.05) is 18.9 Å². The van der Waals surface area contributed by atoms with Crippen molar-refractivity contribution < 1.29 is 24.5 Å². The van der Waals surface area contributed by atoms with Crippen molar-refractivity contribution in [3.63, 3.8) is 0 Å². The fourth-order valence-electron chi connectivity index (χ4n) is 2.36. The lowest BCUT2D eigenvalue weighted by Gasteiger charge is -2.15. The number of carbonyl (C=O) groups excluding carboxylic acids is 1. The predicted octanol–water partition coefficient (Wildman–Crippen LogP) is -0.567. The quantitative estimate of drug-likeness (QED) is 0.463. The largest absolute Gasteiger partial charge is 0.466 e. The van der Waals surface area contributed by atoms with Crippen LogP contribution in [-0.4, -0.2) is 51.2 Å². The second-order valence-corrected chi connectivity index (χ2v) is 5.42. The van der Waals surface area contributed by atoms with Gasteiger partial charge in [0.15, 0.2) is 0 Å². The van der Waals surface area contributed by atoms with Crippen molar-refractivity contribution >= 4 is 17.9 Å². The molecule has 4 N–H and O–H groups in total. The fourth-order valence-corrected chi connectivity index (χ4v) is 2.36. The molecule has 9 heteroatoms. The van der Waals surface area contributed by atoms with E-state index in [1.807, 2.05) is 0 Å². The highest BCUT2D eigenvalue weighted by atomic mass is 16.5. The number of nitrogen functional groups attached to an aromatic ring is 1. The molecular weight excluding hydrogens is 318 g/mol. The summed E-state index contributed by atoms with van der Waals surface area (Å²) in [7, 11) is 0. The molecule has 3 atom stereocenters. The predicted molar refractivity (Wildman–Crippen MR) is 84.8 cm³/mol. The van der Waals surface area contributed by atoms with Crippen molar-refractivity contribution in [1.29, 1.82) is 0 Å². The van der Waals surface area contributed by atoms with Gasteiger partial charge < -0.3 is 25.4 Å². The minimum Gasteiger partial charge on any atom is -0.466 e. The van der Waals surface area contributed by atoms with E-state index in [4.69, 9.17) is 20.3 Å². The van der Waals surface area contributed by atoms with E-state index in [0.717, 1.165) is 0 Å². The number of anilines is 1. The van der Waals surface area contributed by atoms with Crippen molar-refractivity contribution in [3.8, 4) is 0 Å². The summed E-state index contributed by atoms with van der Waals surface area (Å²) in [5.41, 5.74) is 5.65. The molecule has 1 aromatic heterocycles. The molecule has 2 heterocycles. The molecule has 1 aliphatic heterocycles. The van der Waals surface area contributed by atoms with E-state index in [-0.39, 0.29) is 31.4 Å². The van der Waals surface area contributed by atoms with Gasteiger partial charge in [0.1, 0.15) is 18.1 Å². The van der Waals surface area contributed by atoms with E-state index in [1.54, 1.807) is 12.2 Å². The van der Waals surface area contributed by atoms with Gasteiger partial charge in [-0.05, 0) is 6.42 Å². The molecule has 2 rings (SSSR count). The monoisotopic (exact) mass is 339 g/mol. The standard InChI is InChI=1S/C15H21N3O6/c1-9(20)23-5-3-2-4-10-7-18(15(22)17-14(10)16)13-6-11(21)12(8-19)24-13/h2,4,7,11-13,19,21H,3,5-6,8H2,1H3,(H2,16,17,22)/t11-,12+,13+/m0/s1. The molecule has 1 saturated heterocycles. The zero-order valence-electron chi connectivity index (χ0n) is 13.3. The molecule has 0 radical (unpaired) electrons. The van der Waals surface area contributed by atoms with Gasteiger partial charge >= 0.3 is 11.7 Å². The van der Waals surface area contributed by atoms with Crippen molar-refractivity contribution in [2.24, 2.45) is 0 Å². The number of hydrogen-bond acceptors (Lipinski definition) is 8. The van der Waals surface area contributed by atoms with Gasteiger partial charge in [0.2, 0.25) is 0 Å². The van der Waals surface area contributed by atoms with Crippen LogP contribution < -0.4 is 11.4 Å². The summed E-state index contributed by atoms with van der Waals surface area (Å²) in [6, 6.07) is 0. The van der Waals surface area contributed by atoms with Gasteiger partial charge in [-0.15, -0.1) is 0 Å². The number of aliphatic hydroxyl groups is 2. The van der Waals surface area contributed by atoms with E-state index in [9.17, 15) is 14.7 Å². The maximum atomic E-state index is 12.0. The molecule has 1 fully saturated rings. The summed E-state index contributed by atoms with van der Waals surface area (Å²) < 4.78 is 11.5. The summed E-state index contributed by atoms with van der Waals surface area (Å²) in [4.78, 5) is 26.4. The highest BCUT2D eigenvalue weighted by Gasteiger charge is 2.35. The lowest BCUT2D eigenvalue weighted by Crippen LogP contribution is -2.28. The molecule has 1 aliphatic rings. The molecule has 132 valence electrons. The van der Waals surface area contributed by atoms with Gasteiger partial charge in [-0.1, -0.05) is 12.2 Å². The lowest BCUT2D eigenvalue weighted by atomic mass is 10.2. The normalized spacial score (nSPS) is 23.7. The molecule has 24 heavy (non-hydrogen) atoms. The van der Waals surface area contributed by atoms with Crippen molar-refractivity contribution in [3.05, 3.63) is 28.3 Å². The SMILES string of the molecule is CC(=O)OCCC=Cc1cn([C@H]2C[C@H](O)[C@@H](CO)O2)c(=O)nc1N. The van der Waals surface area contributed by atoms with Crippen LogP contribution in [0.1, 0.15) is 31.6 Å². The Labute approximate surface area is 138 Å². The molecule has 0 aromatic carbocycles. The number of nitrogens with zero attached hydrogens (tertiary/aromatic N) is 2. The minimum absolute atomic E-state index is 0.0669. The number of rotatable bonds is 6. The van der Waals surface area contributed by atoms with Crippen LogP contribution in [0, 0.1) is 0 Å². The van der Waals surface area contributed by atoms with Crippen LogP contribution in [0.25, 0.3) is 6.08 Å². The molecule has 0 amide bonds. The third kappa shape index (κ3) is 4.40. The highest BCUT2D eigenvalue weighted by Crippen LogP contribution is 2.27. The number of esters is 1. The van der Waals surface area contributed by atoms with Crippen LogP contribution in [0.3, 0.4) is 0 Å². The zero-order chi connectivity index (χ0) is 17.7.